The molecule has 2 N–H and O–H groups in total. The van der Waals surface area contributed by atoms with Gasteiger partial charge in [0, 0.05) is 5.56 Å². The molecule has 1 amide bonds. The van der Waals surface area contributed by atoms with Crippen molar-refractivity contribution < 1.29 is 23.8 Å². The molecule has 2 heterocycles. The Balaban J connectivity index is 1.73. The summed E-state index contributed by atoms with van der Waals surface area (Å²) in [7, 11) is 1.53. The number of aliphatic hydroxyl groups excluding tert-OH is 1. The molecule has 0 aliphatic carbocycles. The Bertz CT molecular complexity index is 1440. The topological polar surface area (TPSA) is 95.5 Å². The molecule has 1 unspecified atom stereocenters. The smallest absolute Gasteiger partial charge is 0.302 e. The number of H-pyrrole nitrogens is 1. The summed E-state index contributed by atoms with van der Waals surface area (Å²) in [5, 5.41) is 11.3. The molecular formula is C26H20FN3O4. The number of benzene rings is 3. The molecule has 1 fully saturated rings. The van der Waals surface area contributed by atoms with Gasteiger partial charge in [0.25, 0.3) is 5.78 Å². The number of nitrogens with one attached hydrogen (secondary N) is 1. The molecular weight excluding hydrogens is 437 g/mol. The average Bonchev–Trinajstić information content (AvgIpc) is 3.37. The van der Waals surface area contributed by atoms with Gasteiger partial charge in [0.15, 0.2) is 0 Å². The number of carbonyl (C=O) groups is 2. The van der Waals surface area contributed by atoms with Crippen molar-refractivity contribution in [3.05, 3.63) is 94.8 Å². The second kappa shape index (κ2) is 8.15. The van der Waals surface area contributed by atoms with Gasteiger partial charge >= 0.3 is 5.91 Å². The van der Waals surface area contributed by atoms with Crippen molar-refractivity contribution in [3.63, 3.8) is 0 Å². The Morgan fingerprint density at radius 3 is 2.50 bits per heavy atom. The number of halogens is 1. The quantitative estimate of drug-likeness (QED) is 0.264. The van der Waals surface area contributed by atoms with Crippen LogP contribution in [-0.2, 0) is 9.59 Å². The molecule has 1 atom stereocenters. The molecule has 5 rings (SSSR count). The number of aromatic nitrogens is 2. The highest BCUT2D eigenvalue weighted by atomic mass is 19.1. The van der Waals surface area contributed by atoms with Crippen molar-refractivity contribution in [2.45, 2.75) is 13.0 Å². The van der Waals surface area contributed by atoms with E-state index < -0.39 is 23.5 Å². The third-order valence-corrected chi connectivity index (χ3v) is 5.92. The Labute approximate surface area is 194 Å². The van der Waals surface area contributed by atoms with Crippen molar-refractivity contribution in [2.75, 3.05) is 12.0 Å². The lowest BCUT2D eigenvalue weighted by molar-refractivity contribution is -0.132. The van der Waals surface area contributed by atoms with Gasteiger partial charge in [-0.3, -0.25) is 14.5 Å². The SMILES string of the molecule is COc1ccc(/C(O)=C2\C(=O)C(=O)N(c3nc4ccccc4[nH]3)C2c2ccc(F)cc2)c(C)c1. The number of para-hydroxylation sites is 2. The number of amides is 1. The predicted octanol–water partition coefficient (Wildman–Crippen LogP) is 4.65. The number of aliphatic hydroxyl groups is 1. The van der Waals surface area contributed by atoms with Crippen LogP contribution in [0.4, 0.5) is 10.3 Å². The minimum absolute atomic E-state index is 0.106. The lowest BCUT2D eigenvalue weighted by Gasteiger charge is -2.23. The van der Waals surface area contributed by atoms with Gasteiger partial charge in [0.1, 0.15) is 17.3 Å². The van der Waals surface area contributed by atoms with Gasteiger partial charge in [-0.1, -0.05) is 24.3 Å². The number of fused-ring (bicyclic) bond motifs is 1. The molecule has 0 saturated carbocycles. The summed E-state index contributed by atoms with van der Waals surface area (Å²) in [5.41, 5.74) is 2.69. The van der Waals surface area contributed by atoms with Crippen LogP contribution in [0, 0.1) is 12.7 Å². The van der Waals surface area contributed by atoms with Gasteiger partial charge in [-0.15, -0.1) is 0 Å². The van der Waals surface area contributed by atoms with Crippen molar-refractivity contribution >= 4 is 34.4 Å². The van der Waals surface area contributed by atoms with E-state index in [-0.39, 0.29) is 17.3 Å². The van der Waals surface area contributed by atoms with E-state index in [9.17, 15) is 19.1 Å². The predicted molar refractivity (Wildman–Crippen MR) is 125 cm³/mol. The second-order valence-electron chi connectivity index (χ2n) is 7.98. The van der Waals surface area contributed by atoms with Crippen LogP contribution in [0.15, 0.2) is 72.3 Å². The number of carbonyl (C=O) groups excluding carboxylic acids is 2. The second-order valence-corrected chi connectivity index (χ2v) is 7.98. The van der Waals surface area contributed by atoms with E-state index in [2.05, 4.69) is 9.97 Å². The molecule has 34 heavy (non-hydrogen) atoms. The average molecular weight is 457 g/mol. The summed E-state index contributed by atoms with van der Waals surface area (Å²) in [4.78, 5) is 35.3. The largest absolute Gasteiger partial charge is 0.507 e. The molecule has 7 nitrogen and oxygen atoms in total. The van der Waals surface area contributed by atoms with Crippen LogP contribution in [0.1, 0.15) is 22.7 Å². The minimum Gasteiger partial charge on any atom is -0.507 e. The maximum atomic E-state index is 13.7. The molecule has 1 aliphatic rings. The highest BCUT2D eigenvalue weighted by molar-refractivity contribution is 6.51. The van der Waals surface area contributed by atoms with Gasteiger partial charge < -0.3 is 14.8 Å². The number of hydrogen-bond donors (Lipinski definition) is 2. The summed E-state index contributed by atoms with van der Waals surface area (Å²) in [5.74, 6) is -1.75. The molecule has 170 valence electrons. The van der Waals surface area contributed by atoms with Crippen molar-refractivity contribution in [3.8, 4) is 5.75 Å². The first kappa shape index (κ1) is 21.4. The third kappa shape index (κ3) is 3.40. The highest BCUT2D eigenvalue weighted by Crippen LogP contribution is 2.42. The van der Waals surface area contributed by atoms with E-state index >= 15 is 0 Å². The number of nitrogens with zero attached hydrogens (tertiary/aromatic N) is 2. The summed E-state index contributed by atoms with van der Waals surface area (Å²) in [6.45, 7) is 1.76. The molecule has 3 aromatic carbocycles. The maximum absolute atomic E-state index is 13.7. The van der Waals surface area contributed by atoms with Crippen LogP contribution in [0.2, 0.25) is 0 Å². The molecule has 0 spiro atoms. The van der Waals surface area contributed by atoms with Crippen molar-refractivity contribution in [1.82, 2.24) is 9.97 Å². The number of methoxy groups -OCH3 is 1. The van der Waals surface area contributed by atoms with Crippen molar-refractivity contribution in [2.24, 2.45) is 0 Å². The number of ketones is 1. The fourth-order valence-corrected chi connectivity index (χ4v) is 4.24. The number of imidazole rings is 1. The van der Waals surface area contributed by atoms with E-state index in [1.54, 1.807) is 37.3 Å². The Hall–Kier alpha value is -4.46. The molecule has 0 radical (unpaired) electrons. The summed E-state index contributed by atoms with van der Waals surface area (Å²) >= 11 is 0. The zero-order chi connectivity index (χ0) is 24.0. The standard InChI is InChI=1S/C26H20FN3O4/c1-14-13-17(34-2)11-12-18(14)23(31)21-22(15-7-9-16(27)10-8-15)30(25(33)24(21)32)26-28-19-5-3-4-6-20(19)29-26/h3-13,22,31H,1-2H3,(H,28,29)/b23-21+. The lowest BCUT2D eigenvalue weighted by atomic mass is 9.94. The van der Waals surface area contributed by atoms with E-state index in [4.69, 9.17) is 4.74 Å². The maximum Gasteiger partial charge on any atom is 0.302 e. The zero-order valence-electron chi connectivity index (χ0n) is 18.4. The van der Waals surface area contributed by atoms with Crippen LogP contribution in [0.5, 0.6) is 5.75 Å². The van der Waals surface area contributed by atoms with E-state index in [0.29, 0.717) is 33.5 Å². The van der Waals surface area contributed by atoms with Crippen LogP contribution < -0.4 is 9.64 Å². The van der Waals surface area contributed by atoms with Crippen molar-refractivity contribution in [1.29, 1.82) is 0 Å². The molecule has 8 heteroatoms. The molecule has 1 aliphatic heterocycles. The van der Waals surface area contributed by atoms with Crippen LogP contribution in [0.3, 0.4) is 0 Å². The number of aryl methyl sites for hydroxylation is 1. The van der Waals surface area contributed by atoms with Crippen LogP contribution in [0.25, 0.3) is 16.8 Å². The van der Waals surface area contributed by atoms with Gasteiger partial charge in [-0.25, -0.2) is 9.37 Å². The molecule has 1 aromatic heterocycles. The Morgan fingerprint density at radius 2 is 1.82 bits per heavy atom. The number of rotatable bonds is 4. The van der Waals surface area contributed by atoms with Gasteiger partial charge in [0.05, 0.1) is 29.8 Å². The summed E-state index contributed by atoms with van der Waals surface area (Å²) < 4.78 is 18.9. The molecule has 0 bridgehead atoms. The van der Waals surface area contributed by atoms with E-state index in [0.717, 1.165) is 0 Å². The third-order valence-electron chi connectivity index (χ3n) is 5.92. The van der Waals surface area contributed by atoms with Crippen LogP contribution >= 0.6 is 0 Å². The van der Waals surface area contributed by atoms with Gasteiger partial charge in [0.2, 0.25) is 5.95 Å². The lowest BCUT2D eigenvalue weighted by Crippen LogP contribution is -2.30. The zero-order valence-corrected chi connectivity index (χ0v) is 18.4. The Morgan fingerprint density at radius 1 is 1.09 bits per heavy atom. The number of ether oxygens (including phenoxy) is 1. The van der Waals surface area contributed by atoms with E-state index in [1.165, 1.54) is 36.3 Å². The first-order valence-corrected chi connectivity index (χ1v) is 10.5. The number of hydrogen-bond acceptors (Lipinski definition) is 5. The highest BCUT2D eigenvalue weighted by Gasteiger charge is 2.48. The first-order chi connectivity index (χ1) is 16.4. The monoisotopic (exact) mass is 457 g/mol. The summed E-state index contributed by atoms with van der Waals surface area (Å²) in [6.07, 6.45) is 0. The summed E-state index contributed by atoms with van der Waals surface area (Å²) in [6, 6.07) is 16.7. The first-order valence-electron chi connectivity index (χ1n) is 10.5. The molecule has 1 saturated heterocycles. The normalized spacial score (nSPS) is 17.5. The number of aromatic amines is 1. The van der Waals surface area contributed by atoms with E-state index in [1.807, 2.05) is 12.1 Å². The van der Waals surface area contributed by atoms with Gasteiger partial charge in [-0.2, -0.15) is 0 Å². The Kier molecular flexibility index (Phi) is 5.13. The fourth-order valence-electron chi connectivity index (χ4n) is 4.24. The van der Waals surface area contributed by atoms with Gasteiger partial charge in [-0.05, 0) is 60.5 Å². The van der Waals surface area contributed by atoms with Crippen LogP contribution in [-0.4, -0.2) is 33.9 Å². The minimum atomic E-state index is -1.01. The molecule has 4 aromatic rings. The fraction of sp³-hybridized carbons (Fsp3) is 0.115. The number of anilines is 1. The number of Topliss-reactive ketones (excluding diaryl/α,β-unsaturated/α-hetero) is 1.